The number of halogens is 4. The topological polar surface area (TPSA) is 51.1 Å². The van der Waals surface area contributed by atoms with E-state index < -0.39 is 23.8 Å². The van der Waals surface area contributed by atoms with Gasteiger partial charge in [-0.1, -0.05) is 17.3 Å². The minimum Gasteiger partial charge on any atom is -0.468 e. The molecule has 9 heteroatoms. The molecule has 0 amide bonds. The van der Waals surface area contributed by atoms with Gasteiger partial charge in [0, 0.05) is 12.3 Å². The summed E-state index contributed by atoms with van der Waals surface area (Å²) in [6, 6.07) is 3.98. The van der Waals surface area contributed by atoms with E-state index in [1.165, 1.54) is 19.2 Å². The number of oxime groups is 1. The molecule has 0 saturated carbocycles. The Hall–Kier alpha value is -1.61. The predicted molar refractivity (Wildman–Crippen MR) is 96.4 cm³/mol. The molecule has 148 valence electrons. The van der Waals surface area contributed by atoms with Gasteiger partial charge in [-0.3, -0.25) is 4.90 Å². The molecule has 5 nitrogen and oxygen atoms in total. The van der Waals surface area contributed by atoms with E-state index in [4.69, 9.17) is 9.57 Å². The lowest BCUT2D eigenvalue weighted by atomic mass is 9.88. The molecular formula is C18H20BrF3N2O3. The number of benzene rings is 1. The largest absolute Gasteiger partial charge is 0.468 e. The normalized spacial score (nSPS) is 22.9. The number of piperidine rings is 1. The summed E-state index contributed by atoms with van der Waals surface area (Å²) in [5, 5.41) is 3.92. The zero-order chi connectivity index (χ0) is 19.6. The number of likely N-dealkylation sites (tertiary alicyclic amines) is 1. The SMILES string of the molecule is COC(=O)[C@@H](c1ccc(C(F)(F)F)cc1)N1CCC([C@H]2CC(Br)=NO2)CC1. The Kier molecular flexibility index (Phi) is 6.10. The fourth-order valence-corrected chi connectivity index (χ4v) is 4.03. The molecule has 0 unspecified atom stereocenters. The average Bonchev–Trinajstić information content (AvgIpc) is 3.08. The smallest absolute Gasteiger partial charge is 0.416 e. The van der Waals surface area contributed by atoms with Crippen LogP contribution in [0.2, 0.25) is 0 Å². The van der Waals surface area contributed by atoms with Crippen LogP contribution in [0.25, 0.3) is 0 Å². The Balaban J connectivity index is 1.70. The first-order valence-corrected chi connectivity index (χ1v) is 9.46. The Morgan fingerprint density at radius 1 is 1.30 bits per heavy atom. The van der Waals surface area contributed by atoms with Gasteiger partial charge in [-0.25, -0.2) is 4.79 Å². The standard InChI is InChI=1S/C18H20BrF3N2O3/c1-26-17(25)16(12-2-4-13(5-3-12)18(20,21)22)24-8-6-11(7-9-24)14-10-15(19)23-27-14/h2-5,11,14,16H,6-10H2,1H3/t14-,16-/m1/s1. The van der Waals surface area contributed by atoms with Crippen LogP contribution in [0.1, 0.15) is 36.4 Å². The molecule has 0 spiro atoms. The first-order chi connectivity index (χ1) is 12.8. The number of ether oxygens (including phenoxy) is 1. The number of nitrogens with zero attached hydrogens (tertiary/aromatic N) is 2. The molecule has 2 atom stereocenters. The Labute approximate surface area is 163 Å². The van der Waals surface area contributed by atoms with Crippen LogP contribution in [0.5, 0.6) is 0 Å². The minimum absolute atomic E-state index is 0.0316. The summed E-state index contributed by atoms with van der Waals surface area (Å²) in [5.74, 6) is -0.151. The second-order valence-electron chi connectivity index (χ2n) is 6.73. The number of carbonyl (C=O) groups excluding carboxylic acids is 1. The molecule has 27 heavy (non-hydrogen) atoms. The third-order valence-corrected chi connectivity index (χ3v) is 5.57. The molecule has 0 N–H and O–H groups in total. The fraction of sp³-hybridized carbons (Fsp3) is 0.556. The van der Waals surface area contributed by atoms with E-state index in [2.05, 4.69) is 21.1 Å². The quantitative estimate of drug-likeness (QED) is 0.649. The van der Waals surface area contributed by atoms with Gasteiger partial charge >= 0.3 is 12.1 Å². The lowest BCUT2D eigenvalue weighted by molar-refractivity contribution is -0.148. The van der Waals surface area contributed by atoms with Gasteiger partial charge in [0.25, 0.3) is 0 Å². The van der Waals surface area contributed by atoms with Crippen LogP contribution < -0.4 is 0 Å². The Morgan fingerprint density at radius 2 is 1.93 bits per heavy atom. The average molecular weight is 449 g/mol. The first-order valence-electron chi connectivity index (χ1n) is 8.67. The van der Waals surface area contributed by atoms with Gasteiger partial charge in [-0.15, -0.1) is 0 Å². The Bertz CT molecular complexity index is 701. The minimum atomic E-state index is -4.41. The van der Waals surface area contributed by atoms with Crippen molar-refractivity contribution in [1.29, 1.82) is 0 Å². The number of rotatable bonds is 4. The summed E-state index contributed by atoms with van der Waals surface area (Å²) in [7, 11) is 1.29. The number of methoxy groups -OCH3 is 1. The first kappa shape index (κ1) is 20.1. The van der Waals surface area contributed by atoms with Crippen molar-refractivity contribution in [2.75, 3.05) is 20.2 Å². The van der Waals surface area contributed by atoms with Crippen molar-refractivity contribution in [1.82, 2.24) is 4.90 Å². The van der Waals surface area contributed by atoms with Gasteiger partial charge in [0.1, 0.15) is 16.8 Å². The summed E-state index contributed by atoms with van der Waals surface area (Å²) >= 11 is 3.33. The van der Waals surface area contributed by atoms with E-state index in [9.17, 15) is 18.0 Å². The number of hydrogen-bond donors (Lipinski definition) is 0. The van der Waals surface area contributed by atoms with E-state index in [0.29, 0.717) is 24.6 Å². The number of esters is 1. The molecule has 1 fully saturated rings. The molecule has 1 aromatic carbocycles. The summed E-state index contributed by atoms with van der Waals surface area (Å²) in [6.07, 6.45) is -2.01. The van der Waals surface area contributed by atoms with Crippen LogP contribution in [0.3, 0.4) is 0 Å². The van der Waals surface area contributed by atoms with Crippen molar-refractivity contribution in [2.45, 2.75) is 37.6 Å². The van der Waals surface area contributed by atoms with Crippen molar-refractivity contribution in [3.05, 3.63) is 35.4 Å². The van der Waals surface area contributed by atoms with Crippen LogP contribution in [0, 0.1) is 5.92 Å². The molecule has 0 aliphatic carbocycles. The van der Waals surface area contributed by atoms with Gasteiger partial charge < -0.3 is 9.57 Å². The van der Waals surface area contributed by atoms with E-state index >= 15 is 0 Å². The number of carbonyl (C=O) groups is 1. The lowest BCUT2D eigenvalue weighted by Crippen LogP contribution is -2.42. The molecular weight excluding hydrogens is 429 g/mol. The molecule has 2 heterocycles. The zero-order valence-corrected chi connectivity index (χ0v) is 16.3. The van der Waals surface area contributed by atoms with Crippen LogP contribution in [-0.4, -0.2) is 41.8 Å². The van der Waals surface area contributed by atoms with Crippen molar-refractivity contribution >= 4 is 26.5 Å². The van der Waals surface area contributed by atoms with Crippen molar-refractivity contribution in [3.63, 3.8) is 0 Å². The van der Waals surface area contributed by atoms with Crippen molar-refractivity contribution in [2.24, 2.45) is 11.1 Å². The molecule has 2 aliphatic rings. The van der Waals surface area contributed by atoms with Gasteiger partial charge in [0.05, 0.1) is 12.7 Å². The molecule has 1 aromatic rings. The van der Waals surface area contributed by atoms with E-state index in [1.54, 1.807) is 0 Å². The van der Waals surface area contributed by atoms with Gasteiger partial charge in [0.15, 0.2) is 0 Å². The van der Waals surface area contributed by atoms with Gasteiger partial charge in [-0.2, -0.15) is 13.2 Å². The van der Waals surface area contributed by atoms with Crippen LogP contribution >= 0.6 is 15.9 Å². The van der Waals surface area contributed by atoms with Crippen LogP contribution in [0.4, 0.5) is 13.2 Å². The summed E-state index contributed by atoms with van der Waals surface area (Å²) < 4.78 is 44.1. The fourth-order valence-electron chi connectivity index (χ4n) is 3.63. The van der Waals surface area contributed by atoms with Gasteiger partial charge in [0.2, 0.25) is 0 Å². The Morgan fingerprint density at radius 3 is 2.41 bits per heavy atom. The van der Waals surface area contributed by atoms with Crippen LogP contribution in [0.15, 0.2) is 29.4 Å². The van der Waals surface area contributed by atoms with Crippen molar-refractivity contribution < 1.29 is 27.5 Å². The highest BCUT2D eigenvalue weighted by Gasteiger charge is 2.37. The maximum absolute atomic E-state index is 12.8. The third kappa shape index (κ3) is 4.63. The van der Waals surface area contributed by atoms with E-state index in [1.807, 2.05) is 4.90 Å². The predicted octanol–water partition coefficient (Wildman–Crippen LogP) is 4.13. The molecule has 0 aromatic heterocycles. The van der Waals surface area contributed by atoms with Crippen molar-refractivity contribution in [3.8, 4) is 0 Å². The molecule has 0 radical (unpaired) electrons. The maximum atomic E-state index is 12.8. The monoisotopic (exact) mass is 448 g/mol. The second-order valence-corrected chi connectivity index (χ2v) is 7.65. The number of alkyl halides is 3. The van der Waals surface area contributed by atoms with Gasteiger partial charge in [-0.05, 0) is 59.6 Å². The highest BCUT2D eigenvalue weighted by atomic mass is 79.9. The van der Waals surface area contributed by atoms with E-state index in [0.717, 1.165) is 36.0 Å². The zero-order valence-electron chi connectivity index (χ0n) is 14.7. The number of hydrogen-bond acceptors (Lipinski definition) is 5. The second kappa shape index (κ2) is 8.18. The highest BCUT2D eigenvalue weighted by Crippen LogP contribution is 2.34. The highest BCUT2D eigenvalue weighted by molar-refractivity contribution is 9.18. The molecule has 0 bridgehead atoms. The summed E-state index contributed by atoms with van der Waals surface area (Å²) in [6.45, 7) is 1.26. The summed E-state index contributed by atoms with van der Waals surface area (Å²) in [5.41, 5.74) is -0.242. The summed E-state index contributed by atoms with van der Waals surface area (Å²) in [4.78, 5) is 19.7. The molecule has 3 rings (SSSR count). The molecule has 1 saturated heterocycles. The maximum Gasteiger partial charge on any atom is 0.416 e. The molecule has 2 aliphatic heterocycles. The lowest BCUT2D eigenvalue weighted by Gasteiger charge is -2.37. The van der Waals surface area contributed by atoms with Crippen LogP contribution in [-0.2, 0) is 20.5 Å². The third-order valence-electron chi connectivity index (χ3n) is 5.10. The van der Waals surface area contributed by atoms with E-state index in [-0.39, 0.29) is 6.10 Å².